The van der Waals surface area contributed by atoms with E-state index in [1.807, 2.05) is 48.5 Å². The van der Waals surface area contributed by atoms with Gasteiger partial charge in [0.2, 0.25) is 0 Å². The van der Waals surface area contributed by atoms with E-state index in [0.29, 0.717) is 11.6 Å². The summed E-state index contributed by atoms with van der Waals surface area (Å²) < 4.78 is 0.954. The van der Waals surface area contributed by atoms with Crippen molar-refractivity contribution in [2.24, 2.45) is 0 Å². The molecule has 0 aliphatic heterocycles. The fourth-order valence-corrected chi connectivity index (χ4v) is 2.53. The largest absolute Gasteiger partial charge is 0.340 e. The van der Waals surface area contributed by atoms with Crippen molar-refractivity contribution in [1.82, 2.24) is 9.97 Å². The van der Waals surface area contributed by atoms with Gasteiger partial charge in [0.05, 0.1) is 5.52 Å². The standard InChI is InChI=1S/C15H10BrCl2N3/c16-9-6-7-12-11(8-9)14(21-15(20-12)13(17)18)19-10-4-2-1-3-5-10/h1-8,13H,(H,19,20,21). The zero-order chi connectivity index (χ0) is 14.8. The zero-order valence-corrected chi connectivity index (χ0v) is 13.8. The lowest BCUT2D eigenvalue weighted by atomic mass is 10.2. The van der Waals surface area contributed by atoms with E-state index in [1.54, 1.807) is 0 Å². The van der Waals surface area contributed by atoms with Crippen LogP contribution in [0.5, 0.6) is 0 Å². The molecule has 0 unspecified atom stereocenters. The highest BCUT2D eigenvalue weighted by Gasteiger charge is 2.13. The van der Waals surface area contributed by atoms with Crippen molar-refractivity contribution < 1.29 is 0 Å². The van der Waals surface area contributed by atoms with Crippen LogP contribution in [-0.2, 0) is 0 Å². The fraction of sp³-hybridized carbons (Fsp3) is 0.0667. The predicted octanol–water partition coefficient (Wildman–Crippen LogP) is 5.61. The van der Waals surface area contributed by atoms with E-state index in [4.69, 9.17) is 23.2 Å². The lowest BCUT2D eigenvalue weighted by molar-refractivity contribution is 1.05. The van der Waals surface area contributed by atoms with Crippen LogP contribution in [0.25, 0.3) is 10.9 Å². The number of nitrogens with one attached hydrogen (secondary N) is 1. The maximum absolute atomic E-state index is 5.91. The molecule has 3 nitrogen and oxygen atoms in total. The van der Waals surface area contributed by atoms with Gasteiger partial charge in [-0.3, -0.25) is 0 Å². The van der Waals surface area contributed by atoms with Crippen LogP contribution >= 0.6 is 39.1 Å². The molecule has 3 rings (SSSR count). The van der Waals surface area contributed by atoms with Crippen LogP contribution in [0.15, 0.2) is 53.0 Å². The number of rotatable bonds is 3. The molecule has 106 valence electrons. The second-order valence-electron chi connectivity index (χ2n) is 4.38. The van der Waals surface area contributed by atoms with Crippen LogP contribution < -0.4 is 5.32 Å². The van der Waals surface area contributed by atoms with Crippen LogP contribution in [0, 0.1) is 0 Å². The van der Waals surface area contributed by atoms with Gasteiger partial charge in [-0.05, 0) is 30.3 Å². The summed E-state index contributed by atoms with van der Waals surface area (Å²) >= 11 is 15.3. The Morgan fingerprint density at radius 1 is 1.00 bits per heavy atom. The second kappa shape index (κ2) is 6.18. The van der Waals surface area contributed by atoms with E-state index in [9.17, 15) is 0 Å². The predicted molar refractivity (Wildman–Crippen MR) is 91.4 cm³/mol. The molecule has 0 aliphatic carbocycles. The van der Waals surface area contributed by atoms with Crippen molar-refractivity contribution >= 4 is 61.5 Å². The molecular formula is C15H10BrCl2N3. The molecule has 3 aromatic rings. The molecule has 0 spiro atoms. The first-order valence-electron chi connectivity index (χ1n) is 6.21. The molecule has 0 amide bonds. The number of halogens is 3. The summed E-state index contributed by atoms with van der Waals surface area (Å²) in [6.45, 7) is 0. The Kier molecular flexibility index (Phi) is 4.29. The number of aromatic nitrogens is 2. The first-order valence-corrected chi connectivity index (χ1v) is 7.87. The lowest BCUT2D eigenvalue weighted by Crippen LogP contribution is -2.01. The number of benzene rings is 2. The first-order chi connectivity index (χ1) is 10.1. The SMILES string of the molecule is ClC(Cl)c1nc(Nc2ccccc2)c2cc(Br)ccc2n1. The van der Waals surface area contributed by atoms with Gasteiger partial charge in [0, 0.05) is 15.5 Å². The van der Waals surface area contributed by atoms with E-state index >= 15 is 0 Å². The highest BCUT2D eigenvalue weighted by molar-refractivity contribution is 9.10. The average Bonchev–Trinajstić information content (AvgIpc) is 2.48. The minimum Gasteiger partial charge on any atom is -0.340 e. The van der Waals surface area contributed by atoms with Gasteiger partial charge < -0.3 is 5.32 Å². The molecular weight excluding hydrogens is 373 g/mol. The summed E-state index contributed by atoms with van der Waals surface area (Å²) in [5, 5.41) is 4.17. The van der Waals surface area contributed by atoms with Crippen molar-refractivity contribution in [3.05, 3.63) is 58.8 Å². The van der Waals surface area contributed by atoms with Gasteiger partial charge in [-0.25, -0.2) is 9.97 Å². The van der Waals surface area contributed by atoms with Crippen molar-refractivity contribution in [3.8, 4) is 0 Å². The van der Waals surface area contributed by atoms with E-state index in [2.05, 4.69) is 31.2 Å². The van der Waals surface area contributed by atoms with Crippen LogP contribution in [0.4, 0.5) is 11.5 Å². The molecule has 0 saturated heterocycles. The average molecular weight is 383 g/mol. The van der Waals surface area contributed by atoms with Gasteiger partial charge >= 0.3 is 0 Å². The zero-order valence-electron chi connectivity index (χ0n) is 10.7. The van der Waals surface area contributed by atoms with Gasteiger partial charge in [0.1, 0.15) is 5.82 Å². The minimum atomic E-state index is -0.769. The smallest absolute Gasteiger partial charge is 0.167 e. The van der Waals surface area contributed by atoms with Crippen molar-refractivity contribution in [2.75, 3.05) is 5.32 Å². The Labute approximate surface area is 140 Å². The molecule has 0 atom stereocenters. The number of alkyl halides is 2. The summed E-state index contributed by atoms with van der Waals surface area (Å²) in [5.74, 6) is 1.06. The number of nitrogens with zero attached hydrogens (tertiary/aromatic N) is 2. The quantitative estimate of drug-likeness (QED) is 0.598. The lowest BCUT2D eigenvalue weighted by Gasteiger charge is -2.11. The maximum Gasteiger partial charge on any atom is 0.167 e. The topological polar surface area (TPSA) is 37.8 Å². The third-order valence-electron chi connectivity index (χ3n) is 2.91. The van der Waals surface area contributed by atoms with Crippen molar-refractivity contribution in [3.63, 3.8) is 0 Å². The van der Waals surface area contributed by atoms with Crippen molar-refractivity contribution in [1.29, 1.82) is 0 Å². The number of hydrogen-bond acceptors (Lipinski definition) is 3. The van der Waals surface area contributed by atoms with Gasteiger partial charge in [-0.2, -0.15) is 0 Å². The van der Waals surface area contributed by atoms with Crippen LogP contribution in [0.2, 0.25) is 0 Å². The molecule has 1 heterocycles. The Morgan fingerprint density at radius 3 is 2.48 bits per heavy atom. The van der Waals surface area contributed by atoms with Crippen molar-refractivity contribution in [2.45, 2.75) is 4.84 Å². The molecule has 2 aromatic carbocycles. The highest BCUT2D eigenvalue weighted by atomic mass is 79.9. The summed E-state index contributed by atoms with van der Waals surface area (Å²) in [6, 6.07) is 15.6. The molecule has 21 heavy (non-hydrogen) atoms. The van der Waals surface area contributed by atoms with Gasteiger partial charge in [-0.15, -0.1) is 0 Å². The highest BCUT2D eigenvalue weighted by Crippen LogP contribution is 2.30. The third kappa shape index (κ3) is 3.28. The molecule has 0 aliphatic rings. The number of hydrogen-bond donors (Lipinski definition) is 1. The normalized spacial score (nSPS) is 11.0. The van der Waals surface area contributed by atoms with Gasteiger partial charge in [0.25, 0.3) is 0 Å². The fourth-order valence-electron chi connectivity index (χ4n) is 1.97. The van der Waals surface area contributed by atoms with E-state index < -0.39 is 4.84 Å². The van der Waals surface area contributed by atoms with Gasteiger partial charge in [-0.1, -0.05) is 57.3 Å². The second-order valence-corrected chi connectivity index (χ2v) is 6.40. The molecule has 1 N–H and O–H groups in total. The van der Waals surface area contributed by atoms with E-state index in [1.165, 1.54) is 0 Å². The number of fused-ring (bicyclic) bond motifs is 1. The maximum atomic E-state index is 5.91. The third-order valence-corrected chi connectivity index (χ3v) is 3.79. The molecule has 6 heteroatoms. The molecule has 1 aromatic heterocycles. The molecule has 0 saturated carbocycles. The molecule has 0 fully saturated rings. The summed E-state index contributed by atoms with van der Waals surface area (Å²) in [7, 11) is 0. The Morgan fingerprint density at radius 2 is 1.76 bits per heavy atom. The summed E-state index contributed by atoms with van der Waals surface area (Å²) in [6.07, 6.45) is 0. The molecule has 0 bridgehead atoms. The molecule has 0 radical (unpaired) electrons. The minimum absolute atomic E-state index is 0.381. The summed E-state index contributed by atoms with van der Waals surface area (Å²) in [5.41, 5.74) is 1.72. The van der Waals surface area contributed by atoms with Crippen LogP contribution in [0.3, 0.4) is 0 Å². The van der Waals surface area contributed by atoms with Crippen LogP contribution in [-0.4, -0.2) is 9.97 Å². The van der Waals surface area contributed by atoms with Crippen LogP contribution in [0.1, 0.15) is 10.7 Å². The number of para-hydroxylation sites is 1. The Bertz CT molecular complexity index is 778. The monoisotopic (exact) mass is 381 g/mol. The van der Waals surface area contributed by atoms with E-state index in [-0.39, 0.29) is 0 Å². The first kappa shape index (κ1) is 14.6. The number of anilines is 2. The van der Waals surface area contributed by atoms with Gasteiger partial charge in [0.15, 0.2) is 10.7 Å². The van der Waals surface area contributed by atoms with E-state index in [0.717, 1.165) is 21.1 Å². The Hall–Kier alpha value is -1.36. The summed E-state index contributed by atoms with van der Waals surface area (Å²) in [4.78, 5) is 8.04. The Balaban J connectivity index is 2.16.